The van der Waals surface area contributed by atoms with Crippen molar-refractivity contribution in [1.29, 1.82) is 0 Å². The highest BCUT2D eigenvalue weighted by Crippen LogP contribution is 2.24. The Morgan fingerprint density at radius 1 is 0.905 bits per heavy atom. The second-order valence-corrected chi connectivity index (χ2v) is 5.43. The number of nitrogens with zero attached hydrogens (tertiary/aromatic N) is 4. The normalized spacial score (nSPS) is 11.0. The highest BCUT2D eigenvalue weighted by molar-refractivity contribution is 5.60. The summed E-state index contributed by atoms with van der Waals surface area (Å²) in [6, 6.07) is 16.0. The molecule has 0 aliphatic rings. The molecule has 1 aromatic carbocycles. The molecule has 0 amide bonds. The summed E-state index contributed by atoms with van der Waals surface area (Å²) in [6.07, 6.45) is 1.78. The van der Waals surface area contributed by atoms with Crippen molar-refractivity contribution in [2.75, 3.05) is 0 Å². The van der Waals surface area contributed by atoms with Crippen LogP contribution in [0.2, 0.25) is 0 Å². The number of hydrogen-bond donors (Lipinski definition) is 0. The third-order valence-electron chi connectivity index (χ3n) is 3.22. The van der Waals surface area contributed by atoms with E-state index in [9.17, 15) is 0 Å². The first-order valence-electron chi connectivity index (χ1n) is 7.15. The van der Waals surface area contributed by atoms with Crippen molar-refractivity contribution in [2.45, 2.75) is 20.4 Å². The second-order valence-electron chi connectivity index (χ2n) is 5.43. The maximum absolute atomic E-state index is 4.40. The molecule has 0 unspecified atom stereocenters. The molecule has 2 heterocycles. The minimum absolute atomic E-state index is 0.505. The quantitative estimate of drug-likeness (QED) is 0.731. The van der Waals surface area contributed by atoms with Gasteiger partial charge in [0.25, 0.3) is 0 Å². The van der Waals surface area contributed by atoms with E-state index in [4.69, 9.17) is 0 Å². The molecule has 3 rings (SSSR count). The van der Waals surface area contributed by atoms with E-state index >= 15 is 0 Å². The Balaban J connectivity index is 2.12. The lowest BCUT2D eigenvalue weighted by Crippen LogP contribution is -2.08. The van der Waals surface area contributed by atoms with Crippen LogP contribution >= 0.6 is 0 Å². The lowest BCUT2D eigenvalue weighted by atomic mass is 10.2. The molecule has 3 aromatic rings. The Bertz CT molecular complexity index is 645. The lowest BCUT2D eigenvalue weighted by Gasteiger charge is -2.12. The third-order valence-corrected chi connectivity index (χ3v) is 3.22. The van der Waals surface area contributed by atoms with Gasteiger partial charge in [-0.25, -0.2) is 0 Å². The van der Waals surface area contributed by atoms with Crippen molar-refractivity contribution >= 4 is 0 Å². The number of hydrogen-bond acceptors (Lipinski definition) is 3. The van der Waals surface area contributed by atoms with Crippen molar-refractivity contribution < 1.29 is 0 Å². The van der Waals surface area contributed by atoms with Gasteiger partial charge in [0.05, 0.1) is 0 Å². The average Bonchev–Trinajstić information content (AvgIpc) is 2.92. The molecular formula is C17H18N4. The molecule has 0 N–H and O–H groups in total. The minimum Gasteiger partial charge on any atom is -0.305 e. The topological polar surface area (TPSA) is 43.6 Å². The predicted octanol–water partition coefficient (Wildman–Crippen LogP) is 3.66. The van der Waals surface area contributed by atoms with Crippen LogP contribution in [-0.4, -0.2) is 19.7 Å². The van der Waals surface area contributed by atoms with Crippen LogP contribution in [-0.2, 0) is 6.54 Å². The van der Waals surface area contributed by atoms with Gasteiger partial charge in [-0.05, 0) is 18.1 Å². The van der Waals surface area contributed by atoms with E-state index in [1.807, 2.05) is 36.4 Å². The van der Waals surface area contributed by atoms with Gasteiger partial charge < -0.3 is 4.57 Å². The SMILES string of the molecule is CC(C)Cn1c(-c2ccccc2)nnc1-c1ccccn1. The van der Waals surface area contributed by atoms with Crippen molar-refractivity contribution in [1.82, 2.24) is 19.7 Å². The van der Waals surface area contributed by atoms with Gasteiger partial charge >= 0.3 is 0 Å². The molecule has 0 aliphatic heterocycles. The smallest absolute Gasteiger partial charge is 0.182 e. The molecule has 21 heavy (non-hydrogen) atoms. The van der Waals surface area contributed by atoms with Crippen molar-refractivity contribution in [3.05, 3.63) is 54.7 Å². The number of pyridine rings is 1. The van der Waals surface area contributed by atoms with Crippen molar-refractivity contribution in [3.63, 3.8) is 0 Å². The molecule has 2 aromatic heterocycles. The molecule has 106 valence electrons. The van der Waals surface area contributed by atoms with E-state index in [1.165, 1.54) is 0 Å². The minimum atomic E-state index is 0.505. The fourth-order valence-electron chi connectivity index (χ4n) is 2.33. The summed E-state index contributed by atoms with van der Waals surface area (Å²) in [4.78, 5) is 4.40. The monoisotopic (exact) mass is 278 g/mol. The van der Waals surface area contributed by atoms with Crippen LogP contribution < -0.4 is 0 Å². The molecule has 0 atom stereocenters. The molecule has 0 saturated carbocycles. The zero-order valence-corrected chi connectivity index (χ0v) is 12.3. The van der Waals surface area contributed by atoms with Crippen LogP contribution in [0.3, 0.4) is 0 Å². The zero-order chi connectivity index (χ0) is 14.7. The maximum Gasteiger partial charge on any atom is 0.182 e. The van der Waals surface area contributed by atoms with Crippen LogP contribution in [0.25, 0.3) is 22.9 Å². The van der Waals surface area contributed by atoms with Gasteiger partial charge in [-0.3, -0.25) is 4.98 Å². The van der Waals surface area contributed by atoms with Gasteiger partial charge in [-0.2, -0.15) is 0 Å². The van der Waals surface area contributed by atoms with Crippen LogP contribution in [0, 0.1) is 5.92 Å². The van der Waals surface area contributed by atoms with Gasteiger partial charge in [0, 0.05) is 18.3 Å². The van der Waals surface area contributed by atoms with Gasteiger partial charge in [-0.1, -0.05) is 50.2 Å². The molecule has 0 spiro atoms. The van der Waals surface area contributed by atoms with E-state index in [2.05, 4.69) is 45.7 Å². The van der Waals surface area contributed by atoms with Gasteiger partial charge in [0.2, 0.25) is 0 Å². The Labute approximate surface area is 124 Å². The standard InChI is InChI=1S/C17H18N4/c1-13(2)12-21-16(14-8-4-3-5-9-14)19-20-17(21)15-10-6-7-11-18-15/h3-11,13H,12H2,1-2H3. The van der Waals surface area contributed by atoms with E-state index in [-0.39, 0.29) is 0 Å². The van der Waals surface area contributed by atoms with E-state index < -0.39 is 0 Å². The lowest BCUT2D eigenvalue weighted by molar-refractivity contribution is 0.528. The van der Waals surface area contributed by atoms with Crippen molar-refractivity contribution in [2.24, 2.45) is 5.92 Å². The van der Waals surface area contributed by atoms with Crippen LogP contribution in [0.5, 0.6) is 0 Å². The highest BCUT2D eigenvalue weighted by atomic mass is 15.3. The Hall–Kier alpha value is -2.49. The number of benzene rings is 1. The van der Waals surface area contributed by atoms with Gasteiger partial charge in [0.1, 0.15) is 5.69 Å². The zero-order valence-electron chi connectivity index (χ0n) is 12.3. The summed E-state index contributed by atoms with van der Waals surface area (Å²) in [6.45, 7) is 5.25. The maximum atomic E-state index is 4.40. The Morgan fingerprint density at radius 2 is 1.62 bits per heavy atom. The number of aromatic nitrogens is 4. The van der Waals surface area contributed by atoms with Crippen LogP contribution in [0.1, 0.15) is 13.8 Å². The summed E-state index contributed by atoms with van der Waals surface area (Å²) >= 11 is 0. The fourth-order valence-corrected chi connectivity index (χ4v) is 2.33. The van der Waals surface area contributed by atoms with Gasteiger partial charge in [-0.15, -0.1) is 10.2 Å². The first-order chi connectivity index (χ1) is 10.3. The summed E-state index contributed by atoms with van der Waals surface area (Å²) in [5, 5.41) is 8.76. The number of rotatable bonds is 4. The Kier molecular flexibility index (Phi) is 3.77. The van der Waals surface area contributed by atoms with E-state index in [0.717, 1.165) is 29.5 Å². The summed E-state index contributed by atoms with van der Waals surface area (Å²) in [5.41, 5.74) is 1.93. The molecule has 0 fully saturated rings. The molecule has 4 heteroatoms. The van der Waals surface area contributed by atoms with Gasteiger partial charge in [0.15, 0.2) is 11.6 Å². The highest BCUT2D eigenvalue weighted by Gasteiger charge is 2.16. The molecule has 0 saturated heterocycles. The first kappa shape index (κ1) is 13.5. The van der Waals surface area contributed by atoms with Crippen LogP contribution in [0.4, 0.5) is 0 Å². The summed E-state index contributed by atoms with van der Waals surface area (Å²) < 4.78 is 2.16. The molecule has 4 nitrogen and oxygen atoms in total. The third kappa shape index (κ3) is 2.84. The molecular weight excluding hydrogens is 260 g/mol. The predicted molar refractivity (Wildman–Crippen MR) is 83.5 cm³/mol. The van der Waals surface area contributed by atoms with E-state index in [0.29, 0.717) is 5.92 Å². The van der Waals surface area contributed by atoms with E-state index in [1.54, 1.807) is 6.20 Å². The largest absolute Gasteiger partial charge is 0.305 e. The molecule has 0 radical (unpaired) electrons. The molecule has 0 bridgehead atoms. The first-order valence-corrected chi connectivity index (χ1v) is 7.15. The molecule has 0 aliphatic carbocycles. The summed E-state index contributed by atoms with van der Waals surface area (Å²) in [5.74, 6) is 2.22. The second kappa shape index (κ2) is 5.87. The fraction of sp³-hybridized carbons (Fsp3) is 0.235. The summed E-state index contributed by atoms with van der Waals surface area (Å²) in [7, 11) is 0. The van der Waals surface area contributed by atoms with Crippen LogP contribution in [0.15, 0.2) is 54.7 Å². The average molecular weight is 278 g/mol. The van der Waals surface area contributed by atoms with Crippen molar-refractivity contribution in [3.8, 4) is 22.9 Å². The Morgan fingerprint density at radius 3 is 2.29 bits per heavy atom.